The fourth-order valence-electron chi connectivity index (χ4n) is 3.36. The van der Waals surface area contributed by atoms with Gasteiger partial charge in [-0.1, -0.05) is 12.1 Å². The third-order valence-corrected chi connectivity index (χ3v) is 4.86. The van der Waals surface area contributed by atoms with Crippen molar-refractivity contribution in [3.8, 4) is 0 Å². The number of carbonyl (C=O) groups excluding carboxylic acids is 2. The molecule has 2 heterocycles. The van der Waals surface area contributed by atoms with Crippen molar-refractivity contribution in [1.29, 1.82) is 0 Å². The summed E-state index contributed by atoms with van der Waals surface area (Å²) in [5.41, 5.74) is 1.22. The number of hydrogen-bond donors (Lipinski definition) is 3. The fraction of sp³-hybridized carbons (Fsp3) is 0.130. The summed E-state index contributed by atoms with van der Waals surface area (Å²) >= 11 is 0. The summed E-state index contributed by atoms with van der Waals surface area (Å²) in [6.45, 7) is 2.75. The number of H-pyrrole nitrogens is 1. The third-order valence-electron chi connectivity index (χ3n) is 4.86. The molecule has 0 aliphatic rings. The van der Waals surface area contributed by atoms with Gasteiger partial charge >= 0.3 is 5.97 Å². The number of carbonyl (C=O) groups is 2. The van der Waals surface area contributed by atoms with Crippen LogP contribution >= 0.6 is 0 Å². The van der Waals surface area contributed by atoms with Crippen LogP contribution in [0.2, 0.25) is 0 Å². The molecule has 0 saturated heterocycles. The topological polar surface area (TPSA) is 126 Å². The molecule has 3 N–H and O–H groups in total. The largest absolute Gasteiger partial charge is 0.452 e. The molecule has 2 aromatic carbocycles. The Morgan fingerprint density at radius 1 is 1.09 bits per heavy atom. The second-order valence-electron chi connectivity index (χ2n) is 7.18. The van der Waals surface area contributed by atoms with E-state index in [4.69, 9.17) is 9.15 Å². The van der Waals surface area contributed by atoms with E-state index >= 15 is 0 Å². The minimum absolute atomic E-state index is 0.0475. The smallest absolute Gasteiger partial charge is 0.340 e. The van der Waals surface area contributed by atoms with E-state index < -0.39 is 24.0 Å². The van der Waals surface area contributed by atoms with Gasteiger partial charge in [0.15, 0.2) is 6.61 Å². The molecule has 168 valence electrons. The van der Waals surface area contributed by atoms with Crippen molar-refractivity contribution >= 4 is 39.9 Å². The van der Waals surface area contributed by atoms with E-state index in [-0.39, 0.29) is 22.7 Å². The van der Waals surface area contributed by atoms with Crippen molar-refractivity contribution in [3.63, 3.8) is 0 Å². The highest BCUT2D eigenvalue weighted by molar-refractivity contribution is 6.03. The SMILES string of the molecule is Cc1n[nH]c(=O)c2c(NC(=O)COC(=O)c3ccccc3Nc3ccc(F)cc3)oc(C)c12. The Labute approximate surface area is 186 Å². The van der Waals surface area contributed by atoms with Crippen LogP contribution in [0.3, 0.4) is 0 Å². The molecule has 0 unspecified atom stereocenters. The maximum absolute atomic E-state index is 13.1. The van der Waals surface area contributed by atoms with Gasteiger partial charge in [-0.2, -0.15) is 5.10 Å². The van der Waals surface area contributed by atoms with Gasteiger partial charge in [-0.25, -0.2) is 14.3 Å². The molecular weight excluding hydrogens is 431 g/mol. The number of anilines is 3. The molecule has 0 saturated carbocycles. The minimum atomic E-state index is -0.742. The van der Waals surface area contributed by atoms with Crippen molar-refractivity contribution in [1.82, 2.24) is 10.2 Å². The summed E-state index contributed by atoms with van der Waals surface area (Å²) in [4.78, 5) is 37.1. The summed E-state index contributed by atoms with van der Waals surface area (Å²) in [6, 6.07) is 12.2. The van der Waals surface area contributed by atoms with Crippen LogP contribution in [0.4, 0.5) is 21.6 Å². The molecule has 10 heteroatoms. The number of esters is 1. The Morgan fingerprint density at radius 3 is 2.58 bits per heavy atom. The van der Waals surface area contributed by atoms with E-state index in [0.29, 0.717) is 28.2 Å². The van der Waals surface area contributed by atoms with E-state index in [0.717, 1.165) is 0 Å². The Kier molecular flexibility index (Phi) is 5.90. The predicted octanol–water partition coefficient (Wildman–Crippen LogP) is 3.81. The molecule has 9 nitrogen and oxygen atoms in total. The first-order valence-electron chi connectivity index (χ1n) is 9.90. The van der Waals surface area contributed by atoms with Gasteiger partial charge in [-0.05, 0) is 50.2 Å². The lowest BCUT2D eigenvalue weighted by Gasteiger charge is -2.11. The van der Waals surface area contributed by atoms with Crippen molar-refractivity contribution in [2.24, 2.45) is 0 Å². The number of halogens is 1. The van der Waals surface area contributed by atoms with Crippen LogP contribution in [0.5, 0.6) is 0 Å². The molecule has 0 atom stereocenters. The lowest BCUT2D eigenvalue weighted by molar-refractivity contribution is -0.119. The highest BCUT2D eigenvalue weighted by atomic mass is 19.1. The molecule has 4 aromatic rings. The second kappa shape index (κ2) is 8.95. The predicted molar refractivity (Wildman–Crippen MR) is 119 cm³/mol. The van der Waals surface area contributed by atoms with Gasteiger partial charge < -0.3 is 14.5 Å². The molecule has 0 aliphatic heterocycles. The number of aryl methyl sites for hydroxylation is 2. The van der Waals surface area contributed by atoms with Crippen LogP contribution in [-0.4, -0.2) is 28.7 Å². The van der Waals surface area contributed by atoms with Crippen molar-refractivity contribution in [3.05, 3.63) is 81.7 Å². The molecule has 0 aliphatic carbocycles. The van der Waals surface area contributed by atoms with Crippen LogP contribution < -0.4 is 16.2 Å². The van der Waals surface area contributed by atoms with Crippen molar-refractivity contribution < 1.29 is 23.1 Å². The summed E-state index contributed by atoms with van der Waals surface area (Å²) in [5.74, 6) is -1.43. The first-order valence-corrected chi connectivity index (χ1v) is 9.90. The average Bonchev–Trinajstić information content (AvgIpc) is 3.13. The van der Waals surface area contributed by atoms with Gasteiger partial charge in [-0.15, -0.1) is 0 Å². The van der Waals surface area contributed by atoms with Crippen LogP contribution in [-0.2, 0) is 9.53 Å². The Morgan fingerprint density at radius 2 is 1.82 bits per heavy atom. The number of furan rings is 1. The lowest BCUT2D eigenvalue weighted by atomic mass is 10.1. The second-order valence-corrected chi connectivity index (χ2v) is 7.18. The van der Waals surface area contributed by atoms with Gasteiger partial charge in [-0.3, -0.25) is 14.9 Å². The molecule has 0 fully saturated rings. The van der Waals surface area contributed by atoms with Crippen LogP contribution in [0.1, 0.15) is 21.8 Å². The van der Waals surface area contributed by atoms with Gasteiger partial charge in [0.05, 0.1) is 22.3 Å². The number of rotatable bonds is 6. The zero-order valence-corrected chi connectivity index (χ0v) is 17.7. The maximum atomic E-state index is 13.1. The zero-order chi connectivity index (χ0) is 23.5. The normalized spacial score (nSPS) is 10.8. The molecular formula is C23H19FN4O5. The van der Waals surface area contributed by atoms with Crippen molar-refractivity contribution in [2.45, 2.75) is 13.8 Å². The number of benzene rings is 2. The lowest BCUT2D eigenvalue weighted by Crippen LogP contribution is -2.22. The van der Waals surface area contributed by atoms with Crippen LogP contribution in [0.15, 0.2) is 57.7 Å². The first-order chi connectivity index (χ1) is 15.8. The monoisotopic (exact) mass is 450 g/mol. The number of hydrogen-bond acceptors (Lipinski definition) is 7. The van der Waals surface area contributed by atoms with Gasteiger partial charge in [0.2, 0.25) is 5.88 Å². The number of amides is 1. The van der Waals surface area contributed by atoms with Crippen LogP contribution in [0, 0.1) is 19.7 Å². The number of fused-ring (bicyclic) bond motifs is 1. The third kappa shape index (κ3) is 4.59. The van der Waals surface area contributed by atoms with Crippen molar-refractivity contribution in [2.75, 3.05) is 17.2 Å². The summed E-state index contributed by atoms with van der Waals surface area (Å²) in [5, 5.41) is 12.4. The minimum Gasteiger partial charge on any atom is -0.452 e. The van der Waals surface area contributed by atoms with Gasteiger partial charge in [0, 0.05) is 5.69 Å². The number of ether oxygens (including phenoxy) is 1. The maximum Gasteiger partial charge on any atom is 0.340 e. The Hall–Kier alpha value is -4.47. The quantitative estimate of drug-likeness (QED) is 0.381. The molecule has 33 heavy (non-hydrogen) atoms. The molecule has 0 spiro atoms. The van der Waals surface area contributed by atoms with E-state index in [1.54, 1.807) is 32.0 Å². The van der Waals surface area contributed by atoms with E-state index in [9.17, 15) is 18.8 Å². The van der Waals surface area contributed by atoms with E-state index in [2.05, 4.69) is 20.8 Å². The first kappa shape index (κ1) is 21.8. The Bertz CT molecular complexity index is 1410. The molecule has 2 aromatic heterocycles. The Balaban J connectivity index is 1.45. The molecule has 0 bridgehead atoms. The molecule has 4 rings (SSSR count). The standard InChI is InChI=1S/C23H19FN4O5/c1-12-19-13(2)33-22(20(19)21(30)28-27-12)26-18(29)11-32-23(31)16-5-3-4-6-17(16)25-15-9-7-14(24)8-10-15/h3-10,25H,11H2,1-2H3,(H,26,29)(H,28,30). The van der Waals surface area contributed by atoms with Gasteiger partial charge in [0.1, 0.15) is 17.0 Å². The number of nitrogens with one attached hydrogen (secondary N) is 3. The number of aromatic amines is 1. The highest BCUT2D eigenvalue weighted by Gasteiger charge is 2.20. The van der Waals surface area contributed by atoms with Gasteiger partial charge in [0.25, 0.3) is 11.5 Å². The number of nitrogens with zero attached hydrogens (tertiary/aromatic N) is 1. The average molecular weight is 450 g/mol. The van der Waals surface area contributed by atoms with E-state index in [1.807, 2.05) is 0 Å². The molecule has 0 radical (unpaired) electrons. The van der Waals surface area contributed by atoms with Crippen LogP contribution in [0.25, 0.3) is 10.8 Å². The number of para-hydroxylation sites is 1. The summed E-state index contributed by atoms with van der Waals surface area (Å²) < 4.78 is 23.8. The molecule has 1 amide bonds. The fourth-order valence-corrected chi connectivity index (χ4v) is 3.36. The summed E-state index contributed by atoms with van der Waals surface area (Å²) in [6.07, 6.45) is 0. The zero-order valence-electron chi connectivity index (χ0n) is 17.7. The highest BCUT2D eigenvalue weighted by Crippen LogP contribution is 2.28. The number of aromatic nitrogens is 2. The van der Waals surface area contributed by atoms with E-state index in [1.165, 1.54) is 30.3 Å². The summed E-state index contributed by atoms with van der Waals surface area (Å²) in [7, 11) is 0.